The molecular formula is C15H34N2O3. The Hall–Kier alpha value is -0.200. The fraction of sp³-hybridized carbons (Fsp3) is 1.00. The highest BCUT2D eigenvalue weighted by Gasteiger charge is 2.13. The van der Waals surface area contributed by atoms with Gasteiger partial charge in [-0.25, -0.2) is 0 Å². The topological polar surface area (TPSA) is 54.0 Å². The maximum atomic E-state index is 9.81. The Morgan fingerprint density at radius 2 is 1.65 bits per heavy atom. The van der Waals surface area contributed by atoms with E-state index in [-0.39, 0.29) is 6.10 Å². The molecular weight excluding hydrogens is 256 g/mol. The normalized spacial score (nSPS) is 15.3. The highest BCUT2D eigenvalue weighted by molar-refractivity contribution is 4.69. The zero-order chi connectivity index (χ0) is 15.5. The third kappa shape index (κ3) is 9.66. The Balaban J connectivity index is 3.68. The minimum Gasteiger partial charge on any atom is -0.389 e. The summed E-state index contributed by atoms with van der Waals surface area (Å²) in [5.41, 5.74) is 0. The van der Waals surface area contributed by atoms with Crippen molar-refractivity contribution in [2.75, 3.05) is 40.0 Å². The second-order valence-electron chi connectivity index (χ2n) is 5.88. The van der Waals surface area contributed by atoms with Gasteiger partial charge >= 0.3 is 0 Å². The van der Waals surface area contributed by atoms with Gasteiger partial charge in [-0.2, -0.15) is 0 Å². The predicted molar refractivity (Wildman–Crippen MR) is 83.1 cm³/mol. The first-order valence-electron chi connectivity index (χ1n) is 7.63. The van der Waals surface area contributed by atoms with Gasteiger partial charge in [0.05, 0.1) is 25.4 Å². The summed E-state index contributed by atoms with van der Waals surface area (Å²) in [5, 5.41) is 13.1. The van der Waals surface area contributed by atoms with Gasteiger partial charge in [0.2, 0.25) is 0 Å². The lowest BCUT2D eigenvalue weighted by Gasteiger charge is -2.30. The Kier molecular flexibility index (Phi) is 11.3. The lowest BCUT2D eigenvalue weighted by molar-refractivity contribution is -0.0311. The molecule has 0 aromatic carbocycles. The van der Waals surface area contributed by atoms with Crippen molar-refractivity contribution in [3.63, 3.8) is 0 Å². The van der Waals surface area contributed by atoms with Crippen LogP contribution in [-0.2, 0) is 9.47 Å². The number of nitrogens with zero attached hydrogens (tertiary/aromatic N) is 1. The second-order valence-corrected chi connectivity index (χ2v) is 5.88. The van der Waals surface area contributed by atoms with E-state index in [0.717, 1.165) is 13.1 Å². The molecule has 20 heavy (non-hydrogen) atoms. The maximum Gasteiger partial charge on any atom is 0.0897 e. The molecule has 5 nitrogen and oxygen atoms in total. The molecule has 0 fully saturated rings. The van der Waals surface area contributed by atoms with Crippen LogP contribution < -0.4 is 5.32 Å². The van der Waals surface area contributed by atoms with Gasteiger partial charge in [0, 0.05) is 38.8 Å². The van der Waals surface area contributed by atoms with Crippen molar-refractivity contribution in [3.8, 4) is 0 Å². The van der Waals surface area contributed by atoms with Gasteiger partial charge in [-0.05, 0) is 34.6 Å². The molecule has 2 N–H and O–H groups in total. The molecule has 0 rings (SSSR count). The zero-order valence-corrected chi connectivity index (χ0v) is 14.1. The number of hydrogen-bond donors (Lipinski definition) is 2. The van der Waals surface area contributed by atoms with Crippen LogP contribution >= 0.6 is 0 Å². The Morgan fingerprint density at radius 1 is 1.05 bits per heavy atom. The number of nitrogens with one attached hydrogen (secondary N) is 1. The van der Waals surface area contributed by atoms with Gasteiger partial charge in [0.1, 0.15) is 0 Å². The zero-order valence-electron chi connectivity index (χ0n) is 14.1. The van der Waals surface area contributed by atoms with Crippen LogP contribution in [-0.4, -0.2) is 74.3 Å². The average Bonchev–Trinajstić information content (AvgIpc) is 2.35. The molecule has 0 saturated carbocycles. The molecule has 5 heteroatoms. The van der Waals surface area contributed by atoms with E-state index < -0.39 is 6.10 Å². The average molecular weight is 290 g/mol. The van der Waals surface area contributed by atoms with E-state index in [1.807, 2.05) is 6.92 Å². The third-order valence-corrected chi connectivity index (χ3v) is 3.23. The second kappa shape index (κ2) is 11.5. The summed E-state index contributed by atoms with van der Waals surface area (Å²) < 4.78 is 10.5. The number of aliphatic hydroxyl groups is 1. The van der Waals surface area contributed by atoms with Gasteiger partial charge in [-0.15, -0.1) is 0 Å². The third-order valence-electron chi connectivity index (χ3n) is 3.23. The van der Waals surface area contributed by atoms with E-state index in [4.69, 9.17) is 9.47 Å². The van der Waals surface area contributed by atoms with Crippen LogP contribution in [0.2, 0.25) is 0 Å². The van der Waals surface area contributed by atoms with Crippen molar-refractivity contribution in [3.05, 3.63) is 0 Å². The molecule has 0 radical (unpaired) electrons. The largest absolute Gasteiger partial charge is 0.389 e. The molecule has 0 aliphatic carbocycles. The van der Waals surface area contributed by atoms with Crippen LogP contribution in [0.4, 0.5) is 0 Å². The van der Waals surface area contributed by atoms with E-state index in [2.05, 4.69) is 37.9 Å². The minimum absolute atomic E-state index is 0.0204. The summed E-state index contributed by atoms with van der Waals surface area (Å²) in [4.78, 5) is 2.43. The number of methoxy groups -OCH3 is 1. The molecule has 0 saturated heterocycles. The molecule has 0 amide bonds. The van der Waals surface area contributed by atoms with E-state index in [1.54, 1.807) is 7.11 Å². The lowest BCUT2D eigenvalue weighted by Crippen LogP contribution is -2.43. The monoisotopic (exact) mass is 290 g/mol. The Bertz CT molecular complexity index is 217. The standard InChI is InChI=1S/C15H34N2O3/c1-12(2)17(13(3)4)8-7-16-9-15(18)11-20-14(5)10-19-6/h12-16,18H,7-11H2,1-6H3. The van der Waals surface area contributed by atoms with Crippen LogP contribution in [0, 0.1) is 0 Å². The maximum absolute atomic E-state index is 9.81. The molecule has 0 aromatic rings. The number of hydrogen-bond acceptors (Lipinski definition) is 5. The van der Waals surface area contributed by atoms with E-state index >= 15 is 0 Å². The number of aliphatic hydroxyl groups excluding tert-OH is 1. The quantitative estimate of drug-likeness (QED) is 0.527. The van der Waals surface area contributed by atoms with Crippen LogP contribution in [0.15, 0.2) is 0 Å². The van der Waals surface area contributed by atoms with Crippen molar-refractivity contribution < 1.29 is 14.6 Å². The number of rotatable bonds is 12. The van der Waals surface area contributed by atoms with E-state index in [1.165, 1.54) is 0 Å². The van der Waals surface area contributed by atoms with Crippen molar-refractivity contribution in [2.24, 2.45) is 0 Å². The predicted octanol–water partition coefficient (Wildman–Crippen LogP) is 1.11. The summed E-state index contributed by atoms with van der Waals surface area (Å²) in [6.07, 6.45) is -0.451. The van der Waals surface area contributed by atoms with Gasteiger partial charge in [-0.3, -0.25) is 4.90 Å². The van der Waals surface area contributed by atoms with Crippen LogP contribution in [0.5, 0.6) is 0 Å². The smallest absolute Gasteiger partial charge is 0.0897 e. The Labute approximate surface area is 124 Å². The minimum atomic E-state index is -0.471. The molecule has 2 unspecified atom stereocenters. The molecule has 0 aliphatic rings. The summed E-state index contributed by atoms with van der Waals surface area (Å²) in [6, 6.07) is 1.08. The van der Waals surface area contributed by atoms with Gasteiger partial charge < -0.3 is 19.9 Å². The molecule has 122 valence electrons. The fourth-order valence-corrected chi connectivity index (χ4v) is 2.21. The summed E-state index contributed by atoms with van der Waals surface area (Å²) in [7, 11) is 1.65. The summed E-state index contributed by atoms with van der Waals surface area (Å²) >= 11 is 0. The first-order chi connectivity index (χ1) is 9.38. The first-order valence-corrected chi connectivity index (χ1v) is 7.63. The van der Waals surface area contributed by atoms with Crippen LogP contribution in [0.25, 0.3) is 0 Å². The van der Waals surface area contributed by atoms with Crippen molar-refractivity contribution in [1.82, 2.24) is 10.2 Å². The molecule has 0 aliphatic heterocycles. The summed E-state index contributed by atoms with van der Waals surface area (Å²) in [6.45, 7) is 14.1. The summed E-state index contributed by atoms with van der Waals surface area (Å²) in [5.74, 6) is 0. The van der Waals surface area contributed by atoms with Gasteiger partial charge in [0.25, 0.3) is 0 Å². The molecule has 2 atom stereocenters. The van der Waals surface area contributed by atoms with Crippen molar-refractivity contribution >= 4 is 0 Å². The highest BCUT2D eigenvalue weighted by atomic mass is 16.5. The fourth-order valence-electron chi connectivity index (χ4n) is 2.21. The SMILES string of the molecule is COCC(C)OCC(O)CNCCN(C(C)C)C(C)C. The van der Waals surface area contributed by atoms with Crippen molar-refractivity contribution in [2.45, 2.75) is 58.9 Å². The Morgan fingerprint density at radius 3 is 2.15 bits per heavy atom. The van der Waals surface area contributed by atoms with Gasteiger partial charge in [-0.1, -0.05) is 0 Å². The van der Waals surface area contributed by atoms with E-state index in [9.17, 15) is 5.11 Å². The number of ether oxygens (including phenoxy) is 2. The van der Waals surface area contributed by atoms with Crippen molar-refractivity contribution in [1.29, 1.82) is 0 Å². The first kappa shape index (κ1) is 19.8. The molecule has 0 aromatic heterocycles. The highest BCUT2D eigenvalue weighted by Crippen LogP contribution is 2.03. The van der Waals surface area contributed by atoms with Gasteiger partial charge in [0.15, 0.2) is 0 Å². The van der Waals surface area contributed by atoms with Crippen LogP contribution in [0.3, 0.4) is 0 Å². The van der Waals surface area contributed by atoms with Crippen LogP contribution in [0.1, 0.15) is 34.6 Å². The molecule has 0 spiro atoms. The van der Waals surface area contributed by atoms with E-state index in [0.29, 0.717) is 31.8 Å². The molecule has 0 heterocycles. The molecule has 0 bridgehead atoms. The lowest BCUT2D eigenvalue weighted by atomic mass is 10.2.